The highest BCUT2D eigenvalue weighted by Gasteiger charge is 2.08. The molecule has 0 fully saturated rings. The predicted octanol–water partition coefficient (Wildman–Crippen LogP) is 1.60. The molecule has 17 heavy (non-hydrogen) atoms. The van der Waals surface area contributed by atoms with Gasteiger partial charge in [-0.25, -0.2) is 4.39 Å². The van der Waals surface area contributed by atoms with E-state index in [-0.39, 0.29) is 29.9 Å². The molecule has 0 aliphatic rings. The Labute approximate surface area is 99.0 Å². The Morgan fingerprint density at radius 3 is 2.82 bits per heavy atom. The van der Waals surface area contributed by atoms with E-state index in [0.717, 1.165) is 6.07 Å². The summed E-state index contributed by atoms with van der Waals surface area (Å²) in [5, 5.41) is 11.2. The van der Waals surface area contributed by atoms with Gasteiger partial charge in [0.1, 0.15) is 0 Å². The van der Waals surface area contributed by atoms with E-state index in [2.05, 4.69) is 5.32 Å². The number of amides is 1. The Balaban J connectivity index is 2.58. The Hall–Kier alpha value is -2.09. The summed E-state index contributed by atoms with van der Waals surface area (Å²) in [5.74, 6) is -1.01. The van der Waals surface area contributed by atoms with Gasteiger partial charge >= 0.3 is 0 Å². The van der Waals surface area contributed by atoms with Gasteiger partial charge in [-0.2, -0.15) is 5.26 Å². The highest BCUT2D eigenvalue weighted by Crippen LogP contribution is 2.17. The first-order chi connectivity index (χ1) is 8.02. The average Bonchev–Trinajstić information content (AvgIpc) is 2.26. The van der Waals surface area contributed by atoms with E-state index in [0.29, 0.717) is 0 Å². The average molecular weight is 236 g/mol. The second-order valence-electron chi connectivity index (χ2n) is 3.77. The van der Waals surface area contributed by atoms with Gasteiger partial charge in [-0.05, 0) is 32.0 Å². The van der Waals surface area contributed by atoms with Gasteiger partial charge in [0.25, 0.3) is 5.91 Å². The van der Waals surface area contributed by atoms with Crippen LogP contribution >= 0.6 is 0 Å². The fraction of sp³-hybridized carbons (Fsp3) is 0.333. The van der Waals surface area contributed by atoms with Crippen LogP contribution in [-0.2, 0) is 4.79 Å². The second-order valence-corrected chi connectivity index (χ2v) is 3.77. The van der Waals surface area contributed by atoms with Gasteiger partial charge in [0.2, 0.25) is 0 Å². The van der Waals surface area contributed by atoms with Crippen molar-refractivity contribution < 1.29 is 13.9 Å². The highest BCUT2D eigenvalue weighted by atomic mass is 19.1. The van der Waals surface area contributed by atoms with Gasteiger partial charge in [0.05, 0.1) is 11.6 Å². The van der Waals surface area contributed by atoms with Crippen molar-refractivity contribution in [1.29, 1.82) is 5.26 Å². The molecule has 4 nitrogen and oxygen atoms in total. The summed E-state index contributed by atoms with van der Waals surface area (Å²) in [4.78, 5) is 11.3. The zero-order chi connectivity index (χ0) is 12.8. The van der Waals surface area contributed by atoms with Crippen LogP contribution < -0.4 is 10.1 Å². The van der Waals surface area contributed by atoms with Gasteiger partial charge in [-0.1, -0.05) is 0 Å². The molecule has 1 N–H and O–H groups in total. The molecule has 5 heteroatoms. The number of carbonyl (C=O) groups is 1. The maximum Gasteiger partial charge on any atom is 0.258 e. The molecule has 1 aromatic carbocycles. The van der Waals surface area contributed by atoms with Crippen LogP contribution in [0.2, 0.25) is 0 Å². The molecular formula is C12H13FN2O2. The van der Waals surface area contributed by atoms with Crippen molar-refractivity contribution in [2.75, 3.05) is 6.61 Å². The second kappa shape index (κ2) is 5.85. The lowest BCUT2D eigenvalue weighted by Gasteiger charge is -2.10. The summed E-state index contributed by atoms with van der Waals surface area (Å²) in [5.41, 5.74) is 0.210. The van der Waals surface area contributed by atoms with E-state index in [1.807, 2.05) is 19.9 Å². The van der Waals surface area contributed by atoms with Crippen molar-refractivity contribution in [3.05, 3.63) is 29.6 Å². The van der Waals surface area contributed by atoms with Crippen molar-refractivity contribution in [3.8, 4) is 11.8 Å². The number of hydrogen-bond donors (Lipinski definition) is 1. The van der Waals surface area contributed by atoms with E-state index in [9.17, 15) is 9.18 Å². The van der Waals surface area contributed by atoms with Gasteiger partial charge in [-0.3, -0.25) is 4.79 Å². The molecule has 1 rings (SSSR count). The first-order valence-electron chi connectivity index (χ1n) is 5.14. The molecule has 0 saturated heterocycles. The van der Waals surface area contributed by atoms with Gasteiger partial charge in [-0.15, -0.1) is 0 Å². The lowest BCUT2D eigenvalue weighted by Crippen LogP contribution is -2.34. The lowest BCUT2D eigenvalue weighted by molar-refractivity contribution is -0.123. The fourth-order valence-electron chi connectivity index (χ4n) is 1.19. The standard InChI is InChI=1S/C12H13FN2O2/c1-8(2)15-12(16)7-17-11-4-3-9(6-14)5-10(11)13/h3-5,8H,7H2,1-2H3,(H,15,16). The molecule has 90 valence electrons. The van der Waals surface area contributed by atoms with Crippen molar-refractivity contribution in [2.24, 2.45) is 0 Å². The molecule has 1 amide bonds. The smallest absolute Gasteiger partial charge is 0.258 e. The molecule has 0 unspecified atom stereocenters. The van der Waals surface area contributed by atoms with Gasteiger partial charge < -0.3 is 10.1 Å². The summed E-state index contributed by atoms with van der Waals surface area (Å²) in [6.07, 6.45) is 0. The van der Waals surface area contributed by atoms with Crippen LogP contribution in [0, 0.1) is 17.1 Å². The molecule has 1 aromatic rings. The number of ether oxygens (including phenoxy) is 1. The summed E-state index contributed by atoms with van der Waals surface area (Å²) in [6.45, 7) is 3.39. The molecule has 0 atom stereocenters. The molecule has 0 bridgehead atoms. The monoisotopic (exact) mass is 236 g/mol. The van der Waals surface area contributed by atoms with Crippen LogP contribution in [-0.4, -0.2) is 18.6 Å². The molecule has 0 heterocycles. The van der Waals surface area contributed by atoms with Crippen LogP contribution in [0.4, 0.5) is 4.39 Å². The third-order valence-corrected chi connectivity index (χ3v) is 1.87. The number of nitrogens with one attached hydrogen (secondary N) is 1. The SMILES string of the molecule is CC(C)NC(=O)COc1ccc(C#N)cc1F. The summed E-state index contributed by atoms with van der Waals surface area (Å²) >= 11 is 0. The van der Waals surface area contributed by atoms with Crippen LogP contribution in [0.25, 0.3) is 0 Å². The molecule has 0 aliphatic carbocycles. The van der Waals surface area contributed by atoms with E-state index >= 15 is 0 Å². The largest absolute Gasteiger partial charge is 0.481 e. The number of halogens is 1. The topological polar surface area (TPSA) is 62.1 Å². The summed E-state index contributed by atoms with van der Waals surface area (Å²) < 4.78 is 18.3. The van der Waals surface area contributed by atoms with Gasteiger partial charge in [0, 0.05) is 6.04 Å². The molecule has 0 aromatic heterocycles. The van der Waals surface area contributed by atoms with Crippen LogP contribution in [0.5, 0.6) is 5.75 Å². The van der Waals surface area contributed by atoms with E-state index < -0.39 is 5.82 Å². The number of hydrogen-bond acceptors (Lipinski definition) is 3. The van der Waals surface area contributed by atoms with Crippen molar-refractivity contribution in [3.63, 3.8) is 0 Å². The zero-order valence-corrected chi connectivity index (χ0v) is 9.66. The minimum Gasteiger partial charge on any atom is -0.481 e. The van der Waals surface area contributed by atoms with Crippen LogP contribution in [0.15, 0.2) is 18.2 Å². The molecule has 0 radical (unpaired) electrons. The summed E-state index contributed by atoms with van der Waals surface area (Å²) in [7, 11) is 0. The Morgan fingerprint density at radius 2 is 2.29 bits per heavy atom. The number of nitriles is 1. The van der Waals surface area contributed by atoms with E-state index in [1.165, 1.54) is 12.1 Å². The highest BCUT2D eigenvalue weighted by molar-refractivity contribution is 5.77. The molecule has 0 saturated carbocycles. The number of benzene rings is 1. The minimum absolute atomic E-state index is 0.0110. The van der Waals surface area contributed by atoms with Crippen molar-refractivity contribution >= 4 is 5.91 Å². The van der Waals surface area contributed by atoms with E-state index in [4.69, 9.17) is 10.00 Å². The Bertz CT molecular complexity index is 452. The Morgan fingerprint density at radius 1 is 1.59 bits per heavy atom. The molecule has 0 aliphatic heterocycles. The number of nitrogens with zero attached hydrogens (tertiary/aromatic N) is 1. The number of carbonyl (C=O) groups excluding carboxylic acids is 1. The van der Waals surface area contributed by atoms with Crippen molar-refractivity contribution in [2.45, 2.75) is 19.9 Å². The molecule has 0 spiro atoms. The van der Waals surface area contributed by atoms with Gasteiger partial charge in [0.15, 0.2) is 18.2 Å². The van der Waals surface area contributed by atoms with E-state index in [1.54, 1.807) is 0 Å². The van der Waals surface area contributed by atoms with Crippen molar-refractivity contribution in [1.82, 2.24) is 5.32 Å². The normalized spacial score (nSPS) is 9.82. The Kier molecular flexibility index (Phi) is 4.46. The molecular weight excluding hydrogens is 223 g/mol. The maximum absolute atomic E-state index is 13.3. The lowest BCUT2D eigenvalue weighted by atomic mass is 10.2. The summed E-state index contributed by atoms with van der Waals surface area (Å²) in [6, 6.07) is 5.65. The third-order valence-electron chi connectivity index (χ3n) is 1.87. The first kappa shape index (κ1) is 13.0. The third kappa shape index (κ3) is 4.11. The first-order valence-corrected chi connectivity index (χ1v) is 5.14. The quantitative estimate of drug-likeness (QED) is 0.863. The van der Waals surface area contributed by atoms with Crippen LogP contribution in [0.3, 0.4) is 0 Å². The predicted molar refractivity (Wildman–Crippen MR) is 59.9 cm³/mol. The zero-order valence-electron chi connectivity index (χ0n) is 9.66. The fourth-order valence-corrected chi connectivity index (χ4v) is 1.19. The van der Waals surface area contributed by atoms with Crippen LogP contribution in [0.1, 0.15) is 19.4 Å². The maximum atomic E-state index is 13.3. The minimum atomic E-state index is -0.651. The number of rotatable bonds is 4.